The van der Waals surface area contributed by atoms with Crippen LogP contribution in [0.3, 0.4) is 0 Å². The molecule has 0 aliphatic heterocycles. The van der Waals surface area contributed by atoms with Gasteiger partial charge in [-0.15, -0.1) is 0 Å². The summed E-state index contributed by atoms with van der Waals surface area (Å²) >= 11 is 0. The lowest BCUT2D eigenvalue weighted by molar-refractivity contribution is -0.399. The maximum absolute atomic E-state index is 13.8. The third kappa shape index (κ3) is 2.68. The molecular formula is C13H5F9O3. The molecule has 0 atom stereocenters. The molecule has 138 valence electrons. The third-order valence-electron chi connectivity index (χ3n) is 3.20. The zero-order valence-corrected chi connectivity index (χ0v) is 11.5. The molecule has 12 heteroatoms. The van der Waals surface area contributed by atoms with E-state index in [4.69, 9.17) is 5.11 Å². The van der Waals surface area contributed by atoms with Crippen LogP contribution in [0.25, 0.3) is 11.0 Å². The van der Waals surface area contributed by atoms with Gasteiger partial charge in [-0.2, -0.15) is 39.5 Å². The number of hydrogen-bond donors (Lipinski definition) is 1. The Morgan fingerprint density at radius 3 is 1.92 bits per heavy atom. The normalized spacial score (nSPS) is 14.1. The van der Waals surface area contributed by atoms with E-state index in [1.807, 2.05) is 0 Å². The Balaban J connectivity index is 2.70. The van der Waals surface area contributed by atoms with Crippen LogP contribution < -0.4 is 5.63 Å². The van der Waals surface area contributed by atoms with E-state index in [0.717, 1.165) is 18.2 Å². The first-order valence-electron chi connectivity index (χ1n) is 6.10. The van der Waals surface area contributed by atoms with Gasteiger partial charge in [-0.1, -0.05) is 0 Å². The highest BCUT2D eigenvalue weighted by molar-refractivity contribution is 5.78. The van der Waals surface area contributed by atoms with Crippen LogP contribution in [-0.2, 0) is 5.92 Å². The summed E-state index contributed by atoms with van der Waals surface area (Å²) < 4.78 is 120. The van der Waals surface area contributed by atoms with E-state index in [1.165, 1.54) is 0 Å². The van der Waals surface area contributed by atoms with Gasteiger partial charge in [0.1, 0.15) is 16.9 Å². The lowest BCUT2D eigenvalue weighted by Gasteiger charge is -2.33. The Morgan fingerprint density at radius 1 is 0.840 bits per heavy atom. The number of phenols is 1. The Labute approximate surface area is 131 Å². The predicted molar refractivity (Wildman–Crippen MR) is 64.0 cm³/mol. The molecule has 0 radical (unpaired) electrons. The van der Waals surface area contributed by atoms with Crippen molar-refractivity contribution in [3.05, 3.63) is 40.2 Å². The molecule has 1 aromatic carbocycles. The third-order valence-corrected chi connectivity index (χ3v) is 3.20. The van der Waals surface area contributed by atoms with Gasteiger partial charge in [0.05, 0.1) is 0 Å². The lowest BCUT2D eigenvalue weighted by atomic mass is 9.97. The van der Waals surface area contributed by atoms with Crippen molar-refractivity contribution >= 4 is 11.0 Å². The number of aromatic hydroxyl groups is 1. The molecule has 3 nitrogen and oxygen atoms in total. The van der Waals surface area contributed by atoms with Gasteiger partial charge in [0, 0.05) is 11.5 Å². The Hall–Kier alpha value is -2.40. The zero-order valence-electron chi connectivity index (χ0n) is 11.5. The summed E-state index contributed by atoms with van der Waals surface area (Å²) in [6.07, 6.45) is -7.00. The molecule has 0 fully saturated rings. The van der Waals surface area contributed by atoms with E-state index in [1.54, 1.807) is 0 Å². The number of halogens is 9. The molecule has 0 aliphatic carbocycles. The molecule has 0 amide bonds. The fourth-order valence-corrected chi connectivity index (χ4v) is 1.86. The van der Waals surface area contributed by atoms with Crippen molar-refractivity contribution in [3.63, 3.8) is 0 Å². The monoisotopic (exact) mass is 380 g/mol. The number of alkyl halides is 9. The standard InChI is InChI=1S/C13H5F9O3/c14-10(15,11(16,17)12(18,19)13(20,21)22)7-3-5-1-2-6(23)4-8(5)25-9(7)24/h1-4,23H. The molecule has 0 aliphatic rings. The van der Waals surface area contributed by atoms with Gasteiger partial charge in [-0.25, -0.2) is 4.79 Å². The molecular weight excluding hydrogens is 375 g/mol. The fourth-order valence-electron chi connectivity index (χ4n) is 1.86. The number of hydrogen-bond acceptors (Lipinski definition) is 3. The minimum Gasteiger partial charge on any atom is -0.508 e. The van der Waals surface area contributed by atoms with Gasteiger partial charge in [-0.3, -0.25) is 0 Å². The molecule has 1 N–H and O–H groups in total. The van der Waals surface area contributed by atoms with Crippen LogP contribution in [-0.4, -0.2) is 23.1 Å². The largest absolute Gasteiger partial charge is 0.508 e. The Morgan fingerprint density at radius 2 is 1.40 bits per heavy atom. The van der Waals surface area contributed by atoms with Gasteiger partial charge in [0.2, 0.25) is 0 Å². The van der Waals surface area contributed by atoms with Crippen LogP contribution in [0.2, 0.25) is 0 Å². The second kappa shape index (κ2) is 5.30. The molecule has 0 saturated carbocycles. The highest BCUT2D eigenvalue weighted by atomic mass is 19.4. The smallest absolute Gasteiger partial charge is 0.460 e. The van der Waals surface area contributed by atoms with E-state index in [9.17, 15) is 44.3 Å². The van der Waals surface area contributed by atoms with Crippen molar-refractivity contribution in [1.29, 1.82) is 0 Å². The summed E-state index contributed by atoms with van der Waals surface area (Å²) in [5.74, 6) is -20.8. The number of fused-ring (bicyclic) bond motifs is 1. The Kier molecular flexibility index (Phi) is 4.01. The van der Waals surface area contributed by atoms with Crippen molar-refractivity contribution in [2.75, 3.05) is 0 Å². The fraction of sp³-hybridized carbons (Fsp3) is 0.308. The molecule has 0 saturated heterocycles. The maximum atomic E-state index is 13.8. The van der Waals surface area contributed by atoms with Crippen molar-refractivity contribution in [3.8, 4) is 5.75 Å². The molecule has 2 rings (SSSR count). The average molecular weight is 380 g/mol. The molecule has 1 aromatic heterocycles. The number of rotatable bonds is 3. The van der Waals surface area contributed by atoms with Crippen LogP contribution in [0.5, 0.6) is 5.75 Å². The summed E-state index contributed by atoms with van der Waals surface area (Å²) in [4.78, 5) is 11.4. The van der Waals surface area contributed by atoms with E-state index < -0.39 is 51.9 Å². The second-order valence-electron chi connectivity index (χ2n) is 4.89. The molecule has 0 bridgehead atoms. The average Bonchev–Trinajstić information content (AvgIpc) is 2.44. The summed E-state index contributed by atoms with van der Waals surface area (Å²) in [6, 6.07) is 2.36. The van der Waals surface area contributed by atoms with Crippen molar-refractivity contribution in [2.24, 2.45) is 0 Å². The highest BCUT2D eigenvalue weighted by Crippen LogP contribution is 2.56. The summed E-state index contributed by atoms with van der Waals surface area (Å²) in [6.45, 7) is 0. The summed E-state index contributed by atoms with van der Waals surface area (Å²) in [5.41, 5.74) is -5.23. The van der Waals surface area contributed by atoms with Crippen LogP contribution >= 0.6 is 0 Å². The first kappa shape index (κ1) is 18.9. The van der Waals surface area contributed by atoms with Gasteiger partial charge in [0.25, 0.3) is 0 Å². The van der Waals surface area contributed by atoms with E-state index in [2.05, 4.69) is 4.42 Å². The minimum atomic E-state index is -7.13. The van der Waals surface area contributed by atoms with Gasteiger partial charge in [0.15, 0.2) is 0 Å². The quantitative estimate of drug-likeness (QED) is 0.634. The molecule has 0 unspecified atom stereocenters. The van der Waals surface area contributed by atoms with Crippen molar-refractivity contribution < 1.29 is 49.0 Å². The molecule has 1 heterocycles. The predicted octanol–water partition coefficient (Wildman–Crippen LogP) is 4.42. The van der Waals surface area contributed by atoms with Crippen molar-refractivity contribution in [2.45, 2.75) is 23.9 Å². The topological polar surface area (TPSA) is 50.4 Å². The van der Waals surface area contributed by atoms with Gasteiger partial charge < -0.3 is 9.52 Å². The van der Waals surface area contributed by atoms with Crippen LogP contribution in [0.15, 0.2) is 33.5 Å². The first-order valence-corrected chi connectivity index (χ1v) is 6.10. The summed E-state index contributed by atoms with van der Waals surface area (Å²) in [7, 11) is 0. The zero-order chi connectivity index (χ0) is 19.4. The van der Waals surface area contributed by atoms with Crippen LogP contribution in [0, 0.1) is 0 Å². The first-order chi connectivity index (χ1) is 11.1. The highest BCUT2D eigenvalue weighted by Gasteiger charge is 2.82. The maximum Gasteiger partial charge on any atom is 0.460 e. The van der Waals surface area contributed by atoms with Crippen LogP contribution in [0.4, 0.5) is 39.5 Å². The SMILES string of the molecule is O=c1oc2cc(O)ccc2cc1C(F)(F)C(F)(F)C(F)(F)C(F)(F)F. The number of phenolic OH excluding ortho intramolecular Hbond substituents is 1. The molecule has 2 aromatic rings. The van der Waals surface area contributed by atoms with E-state index in [0.29, 0.717) is 0 Å². The second-order valence-corrected chi connectivity index (χ2v) is 4.89. The van der Waals surface area contributed by atoms with Gasteiger partial charge >= 0.3 is 29.6 Å². The van der Waals surface area contributed by atoms with Crippen LogP contribution in [0.1, 0.15) is 5.56 Å². The summed E-state index contributed by atoms with van der Waals surface area (Å²) in [5, 5.41) is 8.61. The van der Waals surface area contributed by atoms with Gasteiger partial charge in [-0.05, 0) is 18.2 Å². The molecule has 0 spiro atoms. The minimum absolute atomic E-state index is 0.0129. The van der Waals surface area contributed by atoms with Crippen molar-refractivity contribution in [1.82, 2.24) is 0 Å². The lowest BCUT2D eigenvalue weighted by Crippen LogP contribution is -2.60. The Bertz CT molecular complexity index is 867. The van der Waals surface area contributed by atoms with E-state index >= 15 is 0 Å². The van der Waals surface area contributed by atoms with E-state index in [-0.39, 0.29) is 6.07 Å². The number of benzene rings is 1. The molecule has 25 heavy (non-hydrogen) atoms.